The van der Waals surface area contributed by atoms with Crippen LogP contribution < -0.4 is 20.9 Å². The second kappa shape index (κ2) is 7.74. The number of nitrogens with zero attached hydrogens (tertiary/aromatic N) is 2. The van der Waals surface area contributed by atoms with Crippen molar-refractivity contribution in [1.82, 2.24) is 10.3 Å². The molecule has 0 atom stereocenters. The highest BCUT2D eigenvalue weighted by molar-refractivity contribution is 9.10. The Morgan fingerprint density at radius 3 is 2.65 bits per heavy atom. The Balaban J connectivity index is 1.68. The molecule has 7 nitrogen and oxygen atoms in total. The van der Waals surface area contributed by atoms with Gasteiger partial charge in [-0.25, -0.2) is 9.78 Å². The number of hydrogen-bond acceptors (Lipinski definition) is 4. The first-order valence-corrected chi connectivity index (χ1v) is 9.03. The van der Waals surface area contributed by atoms with E-state index >= 15 is 0 Å². The Morgan fingerprint density at radius 1 is 1.19 bits per heavy atom. The molecule has 0 radical (unpaired) electrons. The maximum Gasteiger partial charge on any atom is 0.319 e. The summed E-state index contributed by atoms with van der Waals surface area (Å²) in [6.45, 7) is 0. The third-order valence-corrected chi connectivity index (χ3v) is 4.46. The van der Waals surface area contributed by atoms with Gasteiger partial charge in [0.25, 0.3) is 5.91 Å². The fourth-order valence-electron chi connectivity index (χ4n) is 2.35. The predicted octanol–water partition coefficient (Wildman–Crippen LogP) is 3.45. The van der Waals surface area contributed by atoms with Gasteiger partial charge in [-0.15, -0.1) is 0 Å². The lowest BCUT2D eigenvalue weighted by Crippen LogP contribution is -2.30. The average Bonchev–Trinajstić information content (AvgIpc) is 3.40. The molecular formula is C18H20BrN5O2. The number of aromatic nitrogens is 1. The normalized spacial score (nSPS) is 13.0. The van der Waals surface area contributed by atoms with Crippen molar-refractivity contribution in [3.63, 3.8) is 0 Å². The number of benzene rings is 1. The van der Waals surface area contributed by atoms with Crippen LogP contribution in [0.3, 0.4) is 0 Å². The molecule has 3 rings (SSSR count). The van der Waals surface area contributed by atoms with E-state index in [-0.39, 0.29) is 18.0 Å². The Hall–Kier alpha value is -2.61. The lowest BCUT2D eigenvalue weighted by molar-refractivity contribution is 0.102. The van der Waals surface area contributed by atoms with E-state index < -0.39 is 0 Å². The highest BCUT2D eigenvalue weighted by Crippen LogP contribution is 2.26. The van der Waals surface area contributed by atoms with Crippen molar-refractivity contribution in [3.05, 3.63) is 46.6 Å². The molecule has 1 heterocycles. The minimum absolute atomic E-state index is 0.254. The van der Waals surface area contributed by atoms with Gasteiger partial charge in [-0.2, -0.15) is 0 Å². The monoisotopic (exact) mass is 417 g/mol. The number of nitrogens with one attached hydrogen (secondary N) is 3. The van der Waals surface area contributed by atoms with Crippen LogP contribution in [0.25, 0.3) is 0 Å². The van der Waals surface area contributed by atoms with Crippen LogP contribution in [0.5, 0.6) is 0 Å². The van der Waals surface area contributed by atoms with E-state index in [4.69, 9.17) is 0 Å². The second-order valence-corrected chi connectivity index (χ2v) is 7.18. The number of anilines is 3. The van der Waals surface area contributed by atoms with E-state index in [2.05, 4.69) is 36.9 Å². The molecule has 3 N–H and O–H groups in total. The molecule has 8 heteroatoms. The average molecular weight is 418 g/mol. The molecular weight excluding hydrogens is 398 g/mol. The SMILES string of the molecule is CN(C)c1cc(NC(=O)c2cccc(NC(=O)NC3CC3)c2)ncc1Br. The molecule has 1 aliphatic carbocycles. The number of hydrogen-bond donors (Lipinski definition) is 3. The molecule has 26 heavy (non-hydrogen) atoms. The predicted molar refractivity (Wildman–Crippen MR) is 106 cm³/mol. The minimum Gasteiger partial charge on any atom is -0.377 e. The smallest absolute Gasteiger partial charge is 0.319 e. The largest absolute Gasteiger partial charge is 0.377 e. The summed E-state index contributed by atoms with van der Waals surface area (Å²) in [6, 6.07) is 8.59. The van der Waals surface area contributed by atoms with Crippen molar-refractivity contribution in [1.29, 1.82) is 0 Å². The molecule has 136 valence electrons. The number of pyridine rings is 1. The zero-order valence-corrected chi connectivity index (χ0v) is 16.1. The van der Waals surface area contributed by atoms with Crippen molar-refractivity contribution in [2.45, 2.75) is 18.9 Å². The Morgan fingerprint density at radius 2 is 1.96 bits per heavy atom. The summed E-state index contributed by atoms with van der Waals surface area (Å²) in [6.07, 6.45) is 3.68. The summed E-state index contributed by atoms with van der Waals surface area (Å²) in [5.74, 6) is 0.155. The number of rotatable bonds is 5. The summed E-state index contributed by atoms with van der Waals surface area (Å²) >= 11 is 3.43. The summed E-state index contributed by atoms with van der Waals surface area (Å²) in [5.41, 5.74) is 1.90. The Bertz CT molecular complexity index is 836. The molecule has 1 aliphatic rings. The lowest BCUT2D eigenvalue weighted by Gasteiger charge is -2.15. The van der Waals surface area contributed by atoms with E-state index in [1.807, 2.05) is 19.0 Å². The van der Waals surface area contributed by atoms with Crippen molar-refractivity contribution in [2.24, 2.45) is 0 Å². The van der Waals surface area contributed by atoms with Crippen LogP contribution in [0.4, 0.5) is 22.0 Å². The van der Waals surface area contributed by atoms with Gasteiger partial charge in [0.1, 0.15) is 5.82 Å². The van der Waals surface area contributed by atoms with E-state index in [1.54, 1.807) is 36.5 Å². The Labute approximate surface area is 160 Å². The molecule has 0 spiro atoms. The van der Waals surface area contributed by atoms with Gasteiger partial charge in [0, 0.05) is 43.7 Å². The van der Waals surface area contributed by atoms with Gasteiger partial charge in [0.2, 0.25) is 0 Å². The number of carbonyl (C=O) groups excluding carboxylic acids is 2. The van der Waals surface area contributed by atoms with Crippen LogP contribution in [-0.4, -0.2) is 37.1 Å². The second-order valence-electron chi connectivity index (χ2n) is 6.32. The first-order valence-electron chi connectivity index (χ1n) is 8.24. The molecule has 0 bridgehead atoms. The number of amides is 3. The zero-order chi connectivity index (χ0) is 18.7. The van der Waals surface area contributed by atoms with Crippen LogP contribution >= 0.6 is 15.9 Å². The van der Waals surface area contributed by atoms with Crippen molar-refractivity contribution in [2.75, 3.05) is 29.6 Å². The summed E-state index contributed by atoms with van der Waals surface area (Å²) in [4.78, 5) is 30.5. The van der Waals surface area contributed by atoms with E-state index in [0.717, 1.165) is 23.0 Å². The van der Waals surface area contributed by atoms with Crippen LogP contribution in [0.1, 0.15) is 23.2 Å². The van der Waals surface area contributed by atoms with Crippen LogP contribution in [-0.2, 0) is 0 Å². The van der Waals surface area contributed by atoms with E-state index in [0.29, 0.717) is 17.1 Å². The third-order valence-electron chi connectivity index (χ3n) is 3.85. The molecule has 1 saturated carbocycles. The molecule has 1 aromatic heterocycles. The van der Waals surface area contributed by atoms with Gasteiger partial charge in [0.15, 0.2) is 0 Å². The third kappa shape index (κ3) is 4.72. The standard InChI is InChI=1S/C18H20BrN5O2/c1-24(2)15-9-16(20-10-14(15)19)23-17(25)11-4-3-5-13(8-11)22-18(26)21-12-6-7-12/h3-5,8-10,12H,6-7H2,1-2H3,(H,20,23,25)(H2,21,22,26). The fourth-order valence-corrected chi connectivity index (χ4v) is 2.92. The van der Waals surface area contributed by atoms with Crippen LogP contribution in [0.2, 0.25) is 0 Å². The highest BCUT2D eigenvalue weighted by atomic mass is 79.9. The maximum atomic E-state index is 12.5. The van der Waals surface area contributed by atoms with Gasteiger partial charge >= 0.3 is 6.03 Å². The Kier molecular flexibility index (Phi) is 5.41. The fraction of sp³-hybridized carbons (Fsp3) is 0.278. The van der Waals surface area contributed by atoms with Crippen LogP contribution in [0, 0.1) is 0 Å². The first-order chi connectivity index (χ1) is 12.4. The van der Waals surface area contributed by atoms with E-state index in [9.17, 15) is 9.59 Å². The first kappa shape index (κ1) is 18.2. The maximum absolute atomic E-state index is 12.5. The molecule has 3 amide bonds. The number of carbonyl (C=O) groups is 2. The minimum atomic E-state index is -0.296. The molecule has 1 aromatic carbocycles. The molecule has 0 unspecified atom stereocenters. The highest BCUT2D eigenvalue weighted by Gasteiger charge is 2.23. The van der Waals surface area contributed by atoms with Gasteiger partial charge < -0.3 is 20.9 Å². The number of halogens is 1. The van der Waals surface area contributed by atoms with Crippen molar-refractivity contribution >= 4 is 45.1 Å². The molecule has 2 aromatic rings. The molecule has 0 aliphatic heterocycles. The molecule has 1 fully saturated rings. The summed E-state index contributed by atoms with van der Waals surface area (Å²) in [7, 11) is 3.82. The topological polar surface area (TPSA) is 86.4 Å². The van der Waals surface area contributed by atoms with Gasteiger partial charge in [-0.1, -0.05) is 6.07 Å². The zero-order valence-electron chi connectivity index (χ0n) is 14.5. The van der Waals surface area contributed by atoms with Gasteiger partial charge in [-0.05, 0) is 47.0 Å². The van der Waals surface area contributed by atoms with E-state index in [1.165, 1.54) is 0 Å². The quantitative estimate of drug-likeness (QED) is 0.695. The lowest BCUT2D eigenvalue weighted by atomic mass is 10.2. The van der Waals surface area contributed by atoms with Crippen molar-refractivity contribution in [3.8, 4) is 0 Å². The van der Waals surface area contributed by atoms with Gasteiger partial charge in [-0.3, -0.25) is 4.79 Å². The van der Waals surface area contributed by atoms with Gasteiger partial charge in [0.05, 0.1) is 10.2 Å². The molecule has 0 saturated heterocycles. The van der Waals surface area contributed by atoms with Crippen molar-refractivity contribution < 1.29 is 9.59 Å². The summed E-state index contributed by atoms with van der Waals surface area (Å²) in [5, 5.41) is 8.37. The number of urea groups is 1. The summed E-state index contributed by atoms with van der Waals surface area (Å²) < 4.78 is 0.841. The van der Waals surface area contributed by atoms with Crippen LogP contribution in [0.15, 0.2) is 41.0 Å².